The van der Waals surface area contributed by atoms with Gasteiger partial charge in [-0.25, -0.2) is 9.78 Å². The summed E-state index contributed by atoms with van der Waals surface area (Å²) >= 11 is 4.98. The molecular formula is C21H15BrN4O3S. The number of amides is 1. The molecule has 150 valence electrons. The van der Waals surface area contributed by atoms with Gasteiger partial charge >= 0.3 is 5.97 Å². The third-order valence-electron chi connectivity index (χ3n) is 5.18. The molecule has 0 aliphatic carbocycles. The molecule has 30 heavy (non-hydrogen) atoms. The van der Waals surface area contributed by atoms with Gasteiger partial charge < -0.3 is 10.4 Å². The number of carbonyl (C=O) groups is 2. The Morgan fingerprint density at radius 3 is 2.77 bits per heavy atom. The van der Waals surface area contributed by atoms with Crippen molar-refractivity contribution in [2.75, 3.05) is 5.32 Å². The number of anilines is 1. The van der Waals surface area contributed by atoms with Crippen LogP contribution in [0.3, 0.4) is 0 Å². The van der Waals surface area contributed by atoms with Gasteiger partial charge in [-0.2, -0.15) is 9.78 Å². The number of aromatic nitrogens is 3. The summed E-state index contributed by atoms with van der Waals surface area (Å²) in [6, 6.07) is 12.5. The van der Waals surface area contributed by atoms with Crippen molar-refractivity contribution in [3.8, 4) is 5.13 Å². The zero-order chi connectivity index (χ0) is 21.0. The number of aryl methyl sites for hydroxylation is 1. The van der Waals surface area contributed by atoms with Crippen molar-refractivity contribution in [2.45, 2.75) is 19.3 Å². The number of carboxylic acid groups (broad SMARTS) is 1. The number of carbonyl (C=O) groups excluding carboxylic acids is 1. The Morgan fingerprint density at radius 1 is 1.27 bits per heavy atom. The first kappa shape index (κ1) is 19.0. The number of fused-ring (bicyclic) bond motifs is 2. The first-order valence-electron chi connectivity index (χ1n) is 9.20. The summed E-state index contributed by atoms with van der Waals surface area (Å²) in [5.41, 5.74) is 3.69. The van der Waals surface area contributed by atoms with Crippen molar-refractivity contribution >= 4 is 55.2 Å². The summed E-state index contributed by atoms with van der Waals surface area (Å²) in [6.07, 6.45) is 0.277. The number of halogens is 1. The van der Waals surface area contributed by atoms with E-state index < -0.39 is 5.97 Å². The van der Waals surface area contributed by atoms with Gasteiger partial charge in [-0.3, -0.25) is 4.79 Å². The predicted octanol–water partition coefficient (Wildman–Crippen LogP) is 4.73. The van der Waals surface area contributed by atoms with E-state index in [1.807, 2.05) is 25.1 Å². The number of rotatable bonds is 3. The van der Waals surface area contributed by atoms with Gasteiger partial charge in [-0.05, 0) is 42.8 Å². The number of nitrogens with one attached hydrogen (secondary N) is 1. The van der Waals surface area contributed by atoms with Crippen LogP contribution in [-0.2, 0) is 4.79 Å². The molecule has 4 aromatic rings. The normalized spacial score (nSPS) is 15.8. The maximum absolute atomic E-state index is 12.5. The average molecular weight is 483 g/mol. The molecule has 7 nitrogen and oxygen atoms in total. The van der Waals surface area contributed by atoms with E-state index in [1.54, 1.807) is 28.9 Å². The smallest absolute Gasteiger partial charge is 0.335 e. The molecule has 2 aromatic heterocycles. The molecular weight excluding hydrogens is 468 g/mol. The maximum Gasteiger partial charge on any atom is 0.335 e. The lowest BCUT2D eigenvalue weighted by molar-refractivity contribution is -0.116. The van der Waals surface area contributed by atoms with Gasteiger partial charge in [0, 0.05) is 22.4 Å². The summed E-state index contributed by atoms with van der Waals surface area (Å²) in [7, 11) is 0. The average Bonchev–Trinajstić information content (AvgIpc) is 3.28. The van der Waals surface area contributed by atoms with Gasteiger partial charge in [-0.1, -0.05) is 39.4 Å². The molecule has 0 radical (unpaired) electrons. The highest BCUT2D eigenvalue weighted by molar-refractivity contribution is 9.10. The predicted molar refractivity (Wildman–Crippen MR) is 118 cm³/mol. The first-order chi connectivity index (χ1) is 14.4. The van der Waals surface area contributed by atoms with Gasteiger partial charge in [0.25, 0.3) is 0 Å². The quantitative estimate of drug-likeness (QED) is 0.440. The SMILES string of the molecule is Cc1nn(-c2nc3ccc(Br)cc3s2)c2c1C(c1ccc(C(=O)O)cc1)CC(=O)N2. The largest absolute Gasteiger partial charge is 0.478 e. The van der Waals surface area contributed by atoms with Gasteiger partial charge in [0.05, 0.1) is 21.5 Å². The number of benzene rings is 2. The zero-order valence-electron chi connectivity index (χ0n) is 15.7. The number of carboxylic acids is 1. The number of thiazole rings is 1. The second-order valence-electron chi connectivity index (χ2n) is 7.10. The summed E-state index contributed by atoms with van der Waals surface area (Å²) in [6.45, 7) is 1.91. The molecule has 0 saturated heterocycles. The molecule has 0 bridgehead atoms. The van der Waals surface area contributed by atoms with E-state index in [2.05, 4.69) is 31.3 Å². The Hall–Kier alpha value is -3.04. The number of hydrogen-bond donors (Lipinski definition) is 2. The second-order valence-corrected chi connectivity index (χ2v) is 9.02. The van der Waals surface area contributed by atoms with E-state index in [9.17, 15) is 9.59 Å². The highest BCUT2D eigenvalue weighted by Gasteiger charge is 2.33. The zero-order valence-corrected chi connectivity index (χ0v) is 18.1. The van der Waals surface area contributed by atoms with Gasteiger partial charge in [0.15, 0.2) is 0 Å². The van der Waals surface area contributed by atoms with Crippen molar-refractivity contribution in [3.63, 3.8) is 0 Å². The van der Waals surface area contributed by atoms with Crippen LogP contribution in [-0.4, -0.2) is 31.7 Å². The van der Waals surface area contributed by atoms with Crippen LogP contribution in [0, 0.1) is 6.92 Å². The van der Waals surface area contributed by atoms with Crippen molar-refractivity contribution in [1.82, 2.24) is 14.8 Å². The fraction of sp³-hybridized carbons (Fsp3) is 0.143. The maximum atomic E-state index is 12.5. The summed E-state index contributed by atoms with van der Waals surface area (Å²) < 4.78 is 3.69. The molecule has 0 spiro atoms. The molecule has 2 aromatic carbocycles. The van der Waals surface area contributed by atoms with Crippen LogP contribution < -0.4 is 5.32 Å². The third-order valence-corrected chi connectivity index (χ3v) is 6.67. The second kappa shape index (κ2) is 7.03. The van der Waals surface area contributed by atoms with Crippen molar-refractivity contribution < 1.29 is 14.7 Å². The Morgan fingerprint density at radius 2 is 2.03 bits per heavy atom. The van der Waals surface area contributed by atoms with E-state index in [1.165, 1.54) is 11.3 Å². The van der Waals surface area contributed by atoms with Crippen LogP contribution >= 0.6 is 27.3 Å². The molecule has 0 saturated carbocycles. The van der Waals surface area contributed by atoms with E-state index >= 15 is 0 Å². The van der Waals surface area contributed by atoms with Gasteiger partial charge in [0.1, 0.15) is 5.82 Å². The number of aromatic carboxylic acids is 1. The van der Waals surface area contributed by atoms with Crippen LogP contribution in [0.2, 0.25) is 0 Å². The molecule has 1 aliphatic heterocycles. The number of hydrogen-bond acceptors (Lipinski definition) is 5. The molecule has 1 amide bonds. The fourth-order valence-electron chi connectivity index (χ4n) is 3.81. The Kier molecular flexibility index (Phi) is 4.44. The minimum Gasteiger partial charge on any atom is -0.478 e. The number of nitrogens with zero attached hydrogens (tertiary/aromatic N) is 3. The van der Waals surface area contributed by atoms with Crippen LogP contribution in [0.4, 0.5) is 5.82 Å². The van der Waals surface area contributed by atoms with E-state index in [0.717, 1.165) is 31.5 Å². The van der Waals surface area contributed by atoms with Crippen molar-refractivity contribution in [3.05, 3.63) is 69.3 Å². The van der Waals surface area contributed by atoms with Crippen molar-refractivity contribution in [1.29, 1.82) is 0 Å². The molecule has 3 heterocycles. The van der Waals surface area contributed by atoms with E-state index in [0.29, 0.717) is 10.9 Å². The lowest BCUT2D eigenvalue weighted by Gasteiger charge is -2.24. The van der Waals surface area contributed by atoms with Crippen LogP contribution in [0.15, 0.2) is 46.9 Å². The Bertz CT molecular complexity index is 1330. The van der Waals surface area contributed by atoms with Crippen LogP contribution in [0.5, 0.6) is 0 Å². The molecule has 5 rings (SSSR count). The molecule has 0 fully saturated rings. The first-order valence-corrected chi connectivity index (χ1v) is 10.8. The minimum atomic E-state index is -0.977. The van der Waals surface area contributed by atoms with Crippen LogP contribution in [0.25, 0.3) is 15.3 Å². The molecule has 1 atom stereocenters. The molecule has 2 N–H and O–H groups in total. The Balaban J connectivity index is 1.63. The summed E-state index contributed by atoms with van der Waals surface area (Å²) in [5, 5.41) is 17.5. The molecule has 1 aliphatic rings. The van der Waals surface area contributed by atoms with Gasteiger partial charge in [-0.15, -0.1) is 0 Å². The Labute approximate surface area is 183 Å². The topological polar surface area (TPSA) is 97.1 Å². The summed E-state index contributed by atoms with van der Waals surface area (Å²) in [5.74, 6) is -0.669. The lowest BCUT2D eigenvalue weighted by Crippen LogP contribution is -2.25. The standard InChI is InChI=1S/C21H15BrN4O3S/c1-10-18-14(11-2-4-12(5-3-11)20(28)29)9-17(27)24-19(18)26(25-10)21-23-15-7-6-13(22)8-16(15)30-21/h2-8,14H,9H2,1H3,(H,24,27)(H,28,29). The van der Waals surface area contributed by atoms with Crippen LogP contribution in [0.1, 0.15) is 39.5 Å². The minimum absolute atomic E-state index is 0.111. The van der Waals surface area contributed by atoms with E-state index in [4.69, 9.17) is 5.11 Å². The molecule has 9 heteroatoms. The van der Waals surface area contributed by atoms with Gasteiger partial charge in [0.2, 0.25) is 11.0 Å². The summed E-state index contributed by atoms with van der Waals surface area (Å²) in [4.78, 5) is 28.4. The fourth-order valence-corrected chi connectivity index (χ4v) is 5.28. The van der Waals surface area contributed by atoms with Crippen molar-refractivity contribution in [2.24, 2.45) is 0 Å². The monoisotopic (exact) mass is 482 g/mol. The van der Waals surface area contributed by atoms with E-state index in [-0.39, 0.29) is 23.8 Å². The molecule has 1 unspecified atom stereocenters. The highest BCUT2D eigenvalue weighted by atomic mass is 79.9. The lowest BCUT2D eigenvalue weighted by atomic mass is 9.85. The highest BCUT2D eigenvalue weighted by Crippen LogP contribution is 2.41. The third kappa shape index (κ3) is 3.10.